The molecule has 1 heterocycles. The average molecular weight is 446 g/mol. The molecule has 0 radical (unpaired) electrons. The average Bonchev–Trinajstić information content (AvgIpc) is 3.26. The number of ether oxygens (including phenoxy) is 1. The van der Waals surface area contributed by atoms with Crippen molar-refractivity contribution in [1.82, 2.24) is 14.9 Å². The maximum absolute atomic E-state index is 11.5. The van der Waals surface area contributed by atoms with Crippen LogP contribution in [-0.2, 0) is 6.42 Å². The van der Waals surface area contributed by atoms with Gasteiger partial charge in [-0.25, -0.2) is 4.98 Å². The molecule has 0 unspecified atom stereocenters. The van der Waals surface area contributed by atoms with E-state index in [1.165, 1.54) is 17.6 Å². The number of allylic oxidation sites excluding steroid dienone is 1. The summed E-state index contributed by atoms with van der Waals surface area (Å²) in [5.41, 5.74) is 4.26. The van der Waals surface area contributed by atoms with Crippen LogP contribution in [0.4, 0.5) is 0 Å². The Hall–Kier alpha value is -2.63. The van der Waals surface area contributed by atoms with Crippen LogP contribution in [0, 0.1) is 11.8 Å². The van der Waals surface area contributed by atoms with Crippen LogP contribution in [0.1, 0.15) is 43.5 Å². The number of hydrogen-bond donors (Lipinski definition) is 2. The zero-order valence-electron chi connectivity index (χ0n) is 19.8. The standard InChI is InChI=1S/C28H35N3O2/c1-31(16-5-8-27-29-25-6-3-4-7-26(25)30-27)17-15-28(32)19-21-9-12-22(28)18-24(21)20-10-13-23(33-2)14-11-20/h3-4,6-7,10-11,13-14,18,21-22,32H,5,8-9,12,15-17,19H2,1-2H3,(H,29,30)/t21-,22+,28+/m0/s1. The van der Waals surface area contributed by atoms with Crippen molar-refractivity contribution in [3.8, 4) is 5.75 Å². The number of H-pyrrole nitrogens is 1. The summed E-state index contributed by atoms with van der Waals surface area (Å²) in [6.45, 7) is 1.93. The Morgan fingerprint density at radius 2 is 1.94 bits per heavy atom. The molecule has 1 fully saturated rings. The SMILES string of the molecule is COc1ccc(C2=C[C@H]3CC[C@H]2C[C@]3(O)CCN(C)CCCc2nc3ccccc3[nH]2)cc1. The lowest BCUT2D eigenvalue weighted by molar-refractivity contribution is -0.0574. The van der Waals surface area contributed by atoms with Crippen molar-refractivity contribution in [2.75, 3.05) is 27.2 Å². The molecule has 6 rings (SSSR count). The smallest absolute Gasteiger partial charge is 0.118 e. The van der Waals surface area contributed by atoms with Crippen molar-refractivity contribution in [2.24, 2.45) is 11.8 Å². The Balaban J connectivity index is 1.14. The zero-order valence-corrected chi connectivity index (χ0v) is 19.8. The molecule has 2 bridgehead atoms. The summed E-state index contributed by atoms with van der Waals surface area (Å²) in [6.07, 6.45) is 8.35. The Morgan fingerprint density at radius 3 is 2.67 bits per heavy atom. The lowest BCUT2D eigenvalue weighted by Gasteiger charge is -2.48. The second-order valence-corrected chi connectivity index (χ2v) is 9.90. The minimum Gasteiger partial charge on any atom is -0.497 e. The van der Waals surface area contributed by atoms with E-state index < -0.39 is 5.60 Å². The molecular formula is C28H35N3O2. The van der Waals surface area contributed by atoms with Crippen LogP contribution in [0.15, 0.2) is 54.6 Å². The number of nitrogens with zero attached hydrogens (tertiary/aromatic N) is 2. The molecule has 3 aliphatic rings. The molecular weight excluding hydrogens is 410 g/mol. The molecule has 0 aliphatic heterocycles. The van der Waals surface area contributed by atoms with Crippen molar-refractivity contribution in [3.63, 3.8) is 0 Å². The molecule has 2 N–H and O–H groups in total. The molecule has 2 aromatic carbocycles. The highest BCUT2D eigenvalue weighted by Gasteiger charge is 2.46. The van der Waals surface area contributed by atoms with Crippen molar-refractivity contribution >= 4 is 16.6 Å². The third kappa shape index (κ3) is 4.71. The second kappa shape index (κ2) is 9.32. The number of methoxy groups -OCH3 is 1. The first-order chi connectivity index (χ1) is 16.0. The summed E-state index contributed by atoms with van der Waals surface area (Å²) in [4.78, 5) is 10.5. The Bertz CT molecular complexity index is 1090. The van der Waals surface area contributed by atoms with Gasteiger partial charge >= 0.3 is 0 Å². The number of rotatable bonds is 9. The zero-order chi connectivity index (χ0) is 22.8. The number of imidazole rings is 1. The minimum atomic E-state index is -0.577. The first kappa shape index (κ1) is 22.2. The molecule has 3 atom stereocenters. The summed E-state index contributed by atoms with van der Waals surface area (Å²) in [6, 6.07) is 16.6. The number of aryl methyl sites for hydroxylation is 1. The maximum Gasteiger partial charge on any atom is 0.118 e. The number of benzene rings is 2. The normalized spacial score (nSPS) is 24.4. The van der Waals surface area contributed by atoms with E-state index in [4.69, 9.17) is 4.74 Å². The van der Waals surface area contributed by atoms with E-state index in [-0.39, 0.29) is 5.92 Å². The highest BCUT2D eigenvalue weighted by Crippen LogP contribution is 2.51. The molecule has 0 spiro atoms. The first-order valence-electron chi connectivity index (χ1n) is 12.2. The van der Waals surface area contributed by atoms with Gasteiger partial charge in [0.1, 0.15) is 11.6 Å². The van der Waals surface area contributed by atoms with Gasteiger partial charge in [0.25, 0.3) is 0 Å². The van der Waals surface area contributed by atoms with E-state index in [2.05, 4.69) is 52.3 Å². The molecule has 3 aliphatic carbocycles. The number of aliphatic hydroxyl groups is 1. The predicted octanol–water partition coefficient (Wildman–Crippen LogP) is 5.07. The van der Waals surface area contributed by atoms with Gasteiger partial charge in [0.05, 0.1) is 23.7 Å². The molecule has 0 amide bonds. The number of aromatic nitrogens is 2. The fourth-order valence-electron chi connectivity index (χ4n) is 5.73. The highest BCUT2D eigenvalue weighted by molar-refractivity contribution is 5.74. The summed E-state index contributed by atoms with van der Waals surface area (Å²) in [5.74, 6) is 2.65. The fourth-order valence-corrected chi connectivity index (χ4v) is 5.73. The van der Waals surface area contributed by atoms with Crippen molar-refractivity contribution in [3.05, 3.63) is 66.0 Å². The molecule has 1 aromatic heterocycles. The van der Waals surface area contributed by atoms with Crippen LogP contribution in [-0.4, -0.2) is 52.8 Å². The fraction of sp³-hybridized carbons (Fsp3) is 0.464. The molecule has 0 saturated heterocycles. The van der Waals surface area contributed by atoms with Crippen molar-refractivity contribution in [1.29, 1.82) is 0 Å². The van der Waals surface area contributed by atoms with Gasteiger partial charge in [0.15, 0.2) is 0 Å². The topological polar surface area (TPSA) is 61.4 Å². The van der Waals surface area contributed by atoms with Gasteiger partial charge in [-0.05, 0) is 87.0 Å². The first-order valence-corrected chi connectivity index (χ1v) is 12.2. The molecule has 3 aromatic rings. The third-order valence-corrected chi connectivity index (χ3v) is 7.68. The summed E-state index contributed by atoms with van der Waals surface area (Å²) >= 11 is 0. The van der Waals surface area contributed by atoms with Crippen LogP contribution in [0.25, 0.3) is 16.6 Å². The van der Waals surface area contributed by atoms with Crippen molar-refractivity contribution in [2.45, 2.75) is 44.1 Å². The van der Waals surface area contributed by atoms with Gasteiger partial charge in [0.2, 0.25) is 0 Å². The quantitative estimate of drug-likeness (QED) is 0.483. The molecule has 1 saturated carbocycles. The lowest BCUT2D eigenvalue weighted by Crippen LogP contribution is -2.48. The van der Waals surface area contributed by atoms with Gasteiger partial charge in [0, 0.05) is 18.9 Å². The molecule has 33 heavy (non-hydrogen) atoms. The molecule has 174 valence electrons. The third-order valence-electron chi connectivity index (χ3n) is 7.68. The van der Waals surface area contributed by atoms with Crippen molar-refractivity contribution < 1.29 is 9.84 Å². The Morgan fingerprint density at radius 1 is 1.12 bits per heavy atom. The van der Waals surface area contributed by atoms with Gasteiger partial charge < -0.3 is 19.7 Å². The minimum absolute atomic E-state index is 0.253. The predicted molar refractivity (Wildman–Crippen MR) is 133 cm³/mol. The van der Waals surface area contributed by atoms with Crippen LogP contribution in [0.2, 0.25) is 0 Å². The second-order valence-electron chi connectivity index (χ2n) is 9.90. The van der Waals surface area contributed by atoms with E-state index in [0.29, 0.717) is 5.92 Å². The van der Waals surface area contributed by atoms with Crippen LogP contribution >= 0.6 is 0 Å². The molecule has 5 nitrogen and oxygen atoms in total. The van der Waals surface area contributed by atoms with Gasteiger partial charge in [-0.2, -0.15) is 0 Å². The summed E-state index contributed by atoms with van der Waals surface area (Å²) in [5, 5.41) is 11.5. The van der Waals surface area contributed by atoms with E-state index >= 15 is 0 Å². The summed E-state index contributed by atoms with van der Waals surface area (Å²) in [7, 11) is 3.87. The number of fused-ring (bicyclic) bond motifs is 3. The van der Waals surface area contributed by atoms with Crippen LogP contribution in [0.5, 0.6) is 5.75 Å². The summed E-state index contributed by atoms with van der Waals surface area (Å²) < 4.78 is 5.30. The van der Waals surface area contributed by atoms with Crippen LogP contribution in [0.3, 0.4) is 0 Å². The number of aromatic amines is 1. The van der Waals surface area contributed by atoms with E-state index in [1.54, 1.807) is 7.11 Å². The van der Waals surface area contributed by atoms with Gasteiger partial charge in [-0.15, -0.1) is 0 Å². The maximum atomic E-state index is 11.5. The van der Waals surface area contributed by atoms with Gasteiger partial charge in [-0.3, -0.25) is 0 Å². The largest absolute Gasteiger partial charge is 0.497 e. The Kier molecular flexibility index (Phi) is 6.26. The van der Waals surface area contributed by atoms with Crippen LogP contribution < -0.4 is 4.74 Å². The number of nitrogens with one attached hydrogen (secondary N) is 1. The molecule has 5 heteroatoms. The highest BCUT2D eigenvalue weighted by atomic mass is 16.5. The van der Waals surface area contributed by atoms with E-state index in [1.807, 2.05) is 24.3 Å². The lowest BCUT2D eigenvalue weighted by atomic mass is 9.61. The monoisotopic (exact) mass is 445 g/mol. The Labute approximate surface area is 196 Å². The van der Waals surface area contributed by atoms with E-state index in [9.17, 15) is 5.11 Å². The van der Waals surface area contributed by atoms with Gasteiger partial charge in [-0.1, -0.05) is 30.3 Å². The van der Waals surface area contributed by atoms with E-state index in [0.717, 1.165) is 67.8 Å². The number of para-hydroxylation sites is 2. The number of hydrogen-bond acceptors (Lipinski definition) is 4.